The van der Waals surface area contributed by atoms with E-state index in [4.69, 9.17) is 14.7 Å². The minimum atomic E-state index is -0.0356. The fraction of sp³-hybridized carbons (Fsp3) is 0.200. The number of fused-ring (bicyclic) bond motifs is 1. The third-order valence-corrected chi connectivity index (χ3v) is 4.04. The lowest BCUT2D eigenvalue weighted by molar-refractivity contribution is 0.102. The zero-order valence-corrected chi connectivity index (χ0v) is 13.4. The Bertz CT molecular complexity index is 846. The Morgan fingerprint density at radius 2 is 2.00 bits per heavy atom. The van der Waals surface area contributed by atoms with Crippen LogP contribution in [-0.4, -0.2) is 19.5 Å². The van der Waals surface area contributed by atoms with E-state index in [2.05, 4.69) is 0 Å². The number of carbonyl (C=O) groups is 1. The van der Waals surface area contributed by atoms with Gasteiger partial charge in [-0.05, 0) is 42.2 Å². The average Bonchev–Trinajstić information content (AvgIpc) is 2.63. The van der Waals surface area contributed by atoms with E-state index in [1.165, 1.54) is 0 Å². The van der Waals surface area contributed by atoms with Crippen LogP contribution in [0, 0.1) is 11.3 Å². The molecule has 0 radical (unpaired) electrons. The number of allylic oxidation sites excluding steroid dienone is 1. The number of ether oxygens (including phenoxy) is 2. The molecule has 0 amide bonds. The Morgan fingerprint density at radius 3 is 2.79 bits per heavy atom. The smallest absolute Gasteiger partial charge is 0.189 e. The first kappa shape index (κ1) is 15.8. The van der Waals surface area contributed by atoms with Gasteiger partial charge in [-0.15, -0.1) is 0 Å². The minimum Gasteiger partial charge on any atom is -0.493 e. The molecule has 0 heterocycles. The van der Waals surface area contributed by atoms with Crippen LogP contribution in [0.15, 0.2) is 48.0 Å². The standard InChI is InChI=1S/C20H17NO3/c1-23-19-13-14(6-9-18(19)24-11-10-21)12-16-8-7-15-4-2-3-5-17(15)20(16)22/h2-6,9,12-13H,7-8,11H2,1H3/b16-12+. The van der Waals surface area contributed by atoms with Gasteiger partial charge in [-0.25, -0.2) is 0 Å². The zero-order chi connectivity index (χ0) is 16.9. The van der Waals surface area contributed by atoms with Crippen LogP contribution in [0.4, 0.5) is 0 Å². The van der Waals surface area contributed by atoms with E-state index >= 15 is 0 Å². The summed E-state index contributed by atoms with van der Waals surface area (Å²) in [5, 5.41) is 8.61. The number of rotatable bonds is 4. The van der Waals surface area contributed by atoms with Crippen molar-refractivity contribution in [1.82, 2.24) is 0 Å². The van der Waals surface area contributed by atoms with Crippen LogP contribution in [0.1, 0.15) is 27.9 Å². The first-order valence-electron chi connectivity index (χ1n) is 7.74. The highest BCUT2D eigenvalue weighted by molar-refractivity contribution is 6.13. The number of hydrogen-bond acceptors (Lipinski definition) is 4. The van der Waals surface area contributed by atoms with Crippen LogP contribution >= 0.6 is 0 Å². The number of carbonyl (C=O) groups excluding carboxylic acids is 1. The molecule has 0 saturated heterocycles. The summed E-state index contributed by atoms with van der Waals surface area (Å²) in [7, 11) is 1.55. The third kappa shape index (κ3) is 3.16. The summed E-state index contributed by atoms with van der Waals surface area (Å²) >= 11 is 0. The van der Waals surface area contributed by atoms with Gasteiger partial charge in [0, 0.05) is 11.1 Å². The van der Waals surface area contributed by atoms with Gasteiger partial charge in [0.15, 0.2) is 23.9 Å². The van der Waals surface area contributed by atoms with Crippen molar-refractivity contribution in [3.8, 4) is 17.6 Å². The van der Waals surface area contributed by atoms with Gasteiger partial charge in [0.05, 0.1) is 7.11 Å². The maximum Gasteiger partial charge on any atom is 0.189 e. The monoisotopic (exact) mass is 319 g/mol. The Morgan fingerprint density at radius 1 is 1.17 bits per heavy atom. The second-order valence-electron chi connectivity index (χ2n) is 5.51. The number of nitrogens with zero attached hydrogens (tertiary/aromatic N) is 1. The van der Waals surface area contributed by atoms with Crippen molar-refractivity contribution in [2.24, 2.45) is 0 Å². The molecule has 0 bridgehead atoms. The third-order valence-electron chi connectivity index (χ3n) is 4.04. The first-order valence-corrected chi connectivity index (χ1v) is 7.74. The molecular formula is C20H17NO3. The van der Waals surface area contributed by atoms with Crippen LogP contribution in [0.3, 0.4) is 0 Å². The molecular weight excluding hydrogens is 302 g/mol. The van der Waals surface area contributed by atoms with Crippen LogP contribution in [0.2, 0.25) is 0 Å². The number of hydrogen-bond donors (Lipinski definition) is 0. The average molecular weight is 319 g/mol. The van der Waals surface area contributed by atoms with Crippen LogP contribution in [0.25, 0.3) is 6.08 Å². The molecule has 0 aromatic heterocycles. The van der Waals surface area contributed by atoms with Gasteiger partial charge in [0.1, 0.15) is 6.07 Å². The van der Waals surface area contributed by atoms with Crippen molar-refractivity contribution < 1.29 is 14.3 Å². The molecule has 0 spiro atoms. The highest BCUT2D eigenvalue weighted by atomic mass is 16.5. The number of ketones is 1. The molecule has 0 atom stereocenters. The maximum atomic E-state index is 12.6. The molecule has 24 heavy (non-hydrogen) atoms. The minimum absolute atomic E-state index is 0.0356. The largest absolute Gasteiger partial charge is 0.493 e. The molecule has 2 aromatic rings. The molecule has 0 unspecified atom stereocenters. The zero-order valence-electron chi connectivity index (χ0n) is 13.4. The van der Waals surface area contributed by atoms with Crippen molar-refractivity contribution >= 4 is 11.9 Å². The molecule has 2 aromatic carbocycles. The van der Waals surface area contributed by atoms with Crippen molar-refractivity contribution in [1.29, 1.82) is 5.26 Å². The Balaban J connectivity index is 1.89. The van der Waals surface area contributed by atoms with Crippen molar-refractivity contribution in [2.45, 2.75) is 12.8 Å². The molecule has 0 saturated carbocycles. The van der Waals surface area contributed by atoms with Gasteiger partial charge in [-0.3, -0.25) is 4.79 Å². The molecule has 1 aliphatic rings. The second-order valence-corrected chi connectivity index (χ2v) is 5.51. The van der Waals surface area contributed by atoms with Crippen molar-refractivity contribution in [3.05, 3.63) is 64.7 Å². The number of nitriles is 1. The van der Waals surface area contributed by atoms with Crippen molar-refractivity contribution in [3.63, 3.8) is 0 Å². The number of methoxy groups -OCH3 is 1. The summed E-state index contributed by atoms with van der Waals surface area (Å²) in [6.45, 7) is -0.0356. The lowest BCUT2D eigenvalue weighted by atomic mass is 9.86. The second kappa shape index (κ2) is 7.01. The molecule has 1 aliphatic carbocycles. The highest BCUT2D eigenvalue weighted by Gasteiger charge is 2.21. The Hall–Kier alpha value is -3.06. The quantitative estimate of drug-likeness (QED) is 0.804. The number of benzene rings is 2. The van der Waals surface area contributed by atoms with E-state index in [0.717, 1.165) is 35.1 Å². The van der Waals surface area contributed by atoms with E-state index in [9.17, 15) is 4.79 Å². The summed E-state index contributed by atoms with van der Waals surface area (Å²) in [6.07, 6.45) is 3.49. The fourth-order valence-electron chi connectivity index (χ4n) is 2.86. The summed E-state index contributed by atoms with van der Waals surface area (Å²) in [4.78, 5) is 12.6. The summed E-state index contributed by atoms with van der Waals surface area (Å²) in [5.74, 6) is 1.14. The van der Waals surface area contributed by atoms with Crippen LogP contribution in [0.5, 0.6) is 11.5 Å². The van der Waals surface area contributed by atoms with Gasteiger partial charge in [0.25, 0.3) is 0 Å². The lowest BCUT2D eigenvalue weighted by Crippen LogP contribution is -2.13. The van der Waals surface area contributed by atoms with Gasteiger partial charge < -0.3 is 9.47 Å². The van der Waals surface area contributed by atoms with E-state index in [-0.39, 0.29) is 12.4 Å². The summed E-state index contributed by atoms with van der Waals surface area (Å²) < 4.78 is 10.6. The first-order chi connectivity index (χ1) is 11.7. The van der Waals surface area contributed by atoms with Gasteiger partial charge in [-0.2, -0.15) is 5.26 Å². The summed E-state index contributed by atoms with van der Waals surface area (Å²) in [5.41, 5.74) is 3.56. The normalized spacial score (nSPS) is 14.8. The molecule has 0 aliphatic heterocycles. The van der Waals surface area contributed by atoms with Crippen LogP contribution in [-0.2, 0) is 6.42 Å². The predicted octanol–water partition coefficient (Wildman–Crippen LogP) is 3.81. The Kier molecular flexibility index (Phi) is 4.62. The van der Waals surface area contributed by atoms with E-state index in [0.29, 0.717) is 11.5 Å². The number of Topliss-reactive ketones (excluding diaryl/α,β-unsaturated/α-hetero) is 1. The molecule has 120 valence electrons. The van der Waals surface area contributed by atoms with E-state index in [1.54, 1.807) is 13.2 Å². The van der Waals surface area contributed by atoms with Crippen LogP contribution < -0.4 is 9.47 Å². The molecule has 4 nitrogen and oxygen atoms in total. The molecule has 4 heteroatoms. The predicted molar refractivity (Wildman–Crippen MR) is 91.2 cm³/mol. The molecule has 0 fully saturated rings. The maximum absolute atomic E-state index is 12.6. The summed E-state index contributed by atoms with van der Waals surface area (Å²) in [6, 6.07) is 15.1. The molecule has 3 rings (SSSR count). The highest BCUT2D eigenvalue weighted by Crippen LogP contribution is 2.31. The molecule has 0 N–H and O–H groups in total. The van der Waals surface area contributed by atoms with Crippen molar-refractivity contribution in [2.75, 3.05) is 13.7 Å². The van der Waals surface area contributed by atoms with E-state index in [1.807, 2.05) is 48.5 Å². The number of aryl methyl sites for hydroxylation is 1. The topological polar surface area (TPSA) is 59.3 Å². The Labute approximate surface area is 140 Å². The van der Waals surface area contributed by atoms with Gasteiger partial charge in [-0.1, -0.05) is 30.3 Å². The van der Waals surface area contributed by atoms with E-state index < -0.39 is 0 Å². The fourth-order valence-corrected chi connectivity index (χ4v) is 2.86. The SMILES string of the molecule is COc1cc(/C=C2\CCc3ccccc3C2=O)ccc1OCC#N. The lowest BCUT2D eigenvalue weighted by Gasteiger charge is -2.17. The van der Waals surface area contributed by atoms with Gasteiger partial charge >= 0.3 is 0 Å². The van der Waals surface area contributed by atoms with Gasteiger partial charge in [0.2, 0.25) is 0 Å².